The van der Waals surface area contributed by atoms with Crippen LogP contribution in [0.1, 0.15) is 51.4 Å². The summed E-state index contributed by atoms with van der Waals surface area (Å²) in [6.07, 6.45) is 10.5. The van der Waals surface area contributed by atoms with E-state index in [1.165, 1.54) is 38.4 Å². The molecule has 0 aromatic rings. The average molecular weight is 265 g/mol. The van der Waals surface area contributed by atoms with Crippen LogP contribution in [0.25, 0.3) is 0 Å². The molecule has 0 radical (unpaired) electrons. The van der Waals surface area contributed by atoms with E-state index in [1.54, 1.807) is 0 Å². The van der Waals surface area contributed by atoms with E-state index in [0.29, 0.717) is 11.8 Å². The van der Waals surface area contributed by atoms with Gasteiger partial charge in [-0.25, -0.2) is 0 Å². The fraction of sp³-hybridized carbons (Fsp3) is 0.938. The molecule has 0 amide bonds. The normalized spacial score (nSPS) is 38.9. The van der Waals surface area contributed by atoms with Crippen molar-refractivity contribution >= 4 is 6.29 Å². The number of hydrogen-bond donors (Lipinski definition) is 1. The summed E-state index contributed by atoms with van der Waals surface area (Å²) in [6.45, 7) is 3.06. The first-order valence-corrected chi connectivity index (χ1v) is 8.09. The van der Waals surface area contributed by atoms with Gasteiger partial charge in [-0.15, -0.1) is 0 Å². The second kappa shape index (κ2) is 5.53. The number of hydrogen-bond acceptors (Lipinski definition) is 3. The predicted molar refractivity (Wildman–Crippen MR) is 74.9 cm³/mol. The zero-order chi connectivity index (χ0) is 13.3. The number of aldehydes is 1. The van der Waals surface area contributed by atoms with Crippen LogP contribution in [0, 0.1) is 17.3 Å². The van der Waals surface area contributed by atoms with Crippen LogP contribution in [0.15, 0.2) is 0 Å². The van der Waals surface area contributed by atoms with Crippen LogP contribution >= 0.6 is 0 Å². The maximum absolute atomic E-state index is 11.7. The molecule has 108 valence electrons. The molecule has 19 heavy (non-hydrogen) atoms. The van der Waals surface area contributed by atoms with E-state index in [2.05, 4.69) is 4.90 Å². The molecule has 0 spiro atoms. The molecule has 1 saturated heterocycles. The van der Waals surface area contributed by atoms with Gasteiger partial charge >= 0.3 is 0 Å². The largest absolute Gasteiger partial charge is 0.393 e. The highest BCUT2D eigenvalue weighted by atomic mass is 16.3. The van der Waals surface area contributed by atoms with Gasteiger partial charge in [0.15, 0.2) is 0 Å². The highest BCUT2D eigenvalue weighted by Gasteiger charge is 2.44. The van der Waals surface area contributed by atoms with Crippen molar-refractivity contribution < 1.29 is 9.90 Å². The summed E-state index contributed by atoms with van der Waals surface area (Å²) in [6, 6.07) is 0. The number of nitrogens with zero attached hydrogens (tertiary/aromatic N) is 1. The van der Waals surface area contributed by atoms with Crippen molar-refractivity contribution in [3.63, 3.8) is 0 Å². The lowest BCUT2D eigenvalue weighted by Gasteiger charge is -2.32. The first-order chi connectivity index (χ1) is 9.22. The Kier molecular flexibility index (Phi) is 3.95. The van der Waals surface area contributed by atoms with Crippen LogP contribution in [-0.4, -0.2) is 42.0 Å². The van der Waals surface area contributed by atoms with Gasteiger partial charge in [-0.2, -0.15) is 0 Å². The lowest BCUT2D eigenvalue weighted by molar-refractivity contribution is -0.118. The average Bonchev–Trinajstić information content (AvgIpc) is 2.85. The summed E-state index contributed by atoms with van der Waals surface area (Å²) in [7, 11) is 0. The molecular formula is C16H27NO2. The van der Waals surface area contributed by atoms with Gasteiger partial charge in [0.25, 0.3) is 0 Å². The summed E-state index contributed by atoms with van der Waals surface area (Å²) in [5, 5.41) is 9.99. The smallest absolute Gasteiger partial charge is 0.127 e. The van der Waals surface area contributed by atoms with Gasteiger partial charge in [0.1, 0.15) is 6.29 Å². The Balaban J connectivity index is 1.62. The molecule has 3 fully saturated rings. The van der Waals surface area contributed by atoms with E-state index in [0.717, 1.165) is 38.9 Å². The van der Waals surface area contributed by atoms with Crippen molar-refractivity contribution in [1.29, 1.82) is 0 Å². The first-order valence-electron chi connectivity index (χ1n) is 8.09. The molecule has 3 heteroatoms. The van der Waals surface area contributed by atoms with Gasteiger partial charge < -0.3 is 14.8 Å². The molecule has 1 aliphatic heterocycles. The topological polar surface area (TPSA) is 40.5 Å². The van der Waals surface area contributed by atoms with Gasteiger partial charge in [0.2, 0.25) is 0 Å². The molecular weight excluding hydrogens is 238 g/mol. The minimum absolute atomic E-state index is 0.0832. The maximum atomic E-state index is 11.7. The van der Waals surface area contributed by atoms with E-state index < -0.39 is 0 Å². The standard InChI is InChI=1S/C16H27NO2/c18-12-16(7-3-1-2-4-8-16)11-17-9-13-5-6-15(19)14(13)10-17/h12-15,19H,1-11H2. The number of carbonyl (C=O) groups is 1. The SMILES string of the molecule is O=CC1(CN2CC3CCC(O)C3C2)CCCCCC1. The molecule has 0 bridgehead atoms. The fourth-order valence-corrected chi connectivity index (χ4v) is 4.65. The molecule has 3 atom stereocenters. The van der Waals surface area contributed by atoms with Crippen molar-refractivity contribution in [2.24, 2.45) is 17.3 Å². The molecule has 1 heterocycles. The summed E-state index contributed by atoms with van der Waals surface area (Å²) < 4.78 is 0. The molecule has 3 aliphatic rings. The van der Waals surface area contributed by atoms with Crippen LogP contribution in [0.5, 0.6) is 0 Å². The molecule has 2 saturated carbocycles. The Bertz CT molecular complexity index is 323. The van der Waals surface area contributed by atoms with Crippen molar-refractivity contribution in [3.8, 4) is 0 Å². The molecule has 0 aromatic carbocycles. The quantitative estimate of drug-likeness (QED) is 0.628. The lowest BCUT2D eigenvalue weighted by Crippen LogP contribution is -2.38. The zero-order valence-electron chi connectivity index (χ0n) is 11.9. The number of aliphatic hydroxyl groups is 1. The lowest BCUT2D eigenvalue weighted by atomic mass is 9.81. The Hall–Kier alpha value is -0.410. The van der Waals surface area contributed by atoms with Crippen molar-refractivity contribution in [2.75, 3.05) is 19.6 Å². The zero-order valence-corrected chi connectivity index (χ0v) is 11.9. The molecule has 3 nitrogen and oxygen atoms in total. The molecule has 3 rings (SSSR count). The monoisotopic (exact) mass is 265 g/mol. The van der Waals surface area contributed by atoms with E-state index in [4.69, 9.17) is 0 Å². The predicted octanol–water partition coefficient (Wildman–Crippen LogP) is 2.23. The molecule has 0 aromatic heterocycles. The summed E-state index contributed by atoms with van der Waals surface area (Å²) in [4.78, 5) is 14.1. The third kappa shape index (κ3) is 2.73. The third-order valence-corrected chi connectivity index (χ3v) is 5.78. The van der Waals surface area contributed by atoms with Crippen molar-refractivity contribution in [3.05, 3.63) is 0 Å². The van der Waals surface area contributed by atoms with E-state index in [-0.39, 0.29) is 11.5 Å². The Morgan fingerprint density at radius 3 is 2.47 bits per heavy atom. The second-order valence-corrected chi connectivity index (χ2v) is 7.16. The summed E-state index contributed by atoms with van der Waals surface area (Å²) in [5.41, 5.74) is -0.0832. The van der Waals surface area contributed by atoms with Crippen LogP contribution in [0.4, 0.5) is 0 Å². The van der Waals surface area contributed by atoms with Gasteiger partial charge in [0, 0.05) is 31.0 Å². The van der Waals surface area contributed by atoms with Gasteiger partial charge in [0.05, 0.1) is 6.10 Å². The number of aliphatic hydroxyl groups excluding tert-OH is 1. The molecule has 1 N–H and O–H groups in total. The minimum Gasteiger partial charge on any atom is -0.393 e. The van der Waals surface area contributed by atoms with Crippen molar-refractivity contribution in [1.82, 2.24) is 4.90 Å². The van der Waals surface area contributed by atoms with Gasteiger partial charge in [-0.05, 0) is 31.6 Å². The fourth-order valence-electron chi connectivity index (χ4n) is 4.65. The van der Waals surface area contributed by atoms with Crippen molar-refractivity contribution in [2.45, 2.75) is 57.5 Å². The van der Waals surface area contributed by atoms with Gasteiger partial charge in [-0.1, -0.05) is 25.7 Å². The highest BCUT2D eigenvalue weighted by Crippen LogP contribution is 2.41. The van der Waals surface area contributed by atoms with E-state index in [1.807, 2.05) is 0 Å². The Labute approximate surface area is 116 Å². The Morgan fingerprint density at radius 1 is 1.11 bits per heavy atom. The second-order valence-electron chi connectivity index (χ2n) is 7.16. The number of likely N-dealkylation sites (tertiary alicyclic amines) is 1. The van der Waals surface area contributed by atoms with Crippen LogP contribution in [-0.2, 0) is 4.79 Å². The Morgan fingerprint density at radius 2 is 1.84 bits per heavy atom. The third-order valence-electron chi connectivity index (χ3n) is 5.78. The summed E-state index contributed by atoms with van der Waals surface area (Å²) >= 11 is 0. The number of rotatable bonds is 3. The summed E-state index contributed by atoms with van der Waals surface area (Å²) in [5.74, 6) is 1.17. The van der Waals surface area contributed by atoms with Crippen LogP contribution in [0.2, 0.25) is 0 Å². The first kappa shape index (κ1) is 13.6. The molecule has 3 unspecified atom stereocenters. The number of carbonyl (C=O) groups excluding carboxylic acids is 1. The number of fused-ring (bicyclic) bond motifs is 1. The molecule has 2 aliphatic carbocycles. The van der Waals surface area contributed by atoms with E-state index >= 15 is 0 Å². The van der Waals surface area contributed by atoms with Crippen LogP contribution in [0.3, 0.4) is 0 Å². The van der Waals surface area contributed by atoms with Gasteiger partial charge in [-0.3, -0.25) is 0 Å². The minimum atomic E-state index is -0.0867. The maximum Gasteiger partial charge on any atom is 0.127 e. The highest BCUT2D eigenvalue weighted by molar-refractivity contribution is 5.59. The van der Waals surface area contributed by atoms with Crippen LogP contribution < -0.4 is 0 Å². The van der Waals surface area contributed by atoms with E-state index in [9.17, 15) is 9.90 Å².